The normalized spacial score (nSPS) is 26.3. The van der Waals surface area contributed by atoms with Gasteiger partial charge in [0.1, 0.15) is 12.1 Å². The molecule has 2 heterocycles. The molecule has 6 heteroatoms. The molecule has 2 unspecified atom stereocenters. The second-order valence-electron chi connectivity index (χ2n) is 6.31. The average Bonchev–Trinajstić information content (AvgIpc) is 3.15. The van der Waals surface area contributed by atoms with E-state index in [4.69, 9.17) is 0 Å². The van der Waals surface area contributed by atoms with Crippen molar-refractivity contribution in [2.45, 2.75) is 45.3 Å². The molecule has 1 saturated heterocycles. The van der Waals surface area contributed by atoms with Gasteiger partial charge in [0.05, 0.1) is 6.54 Å². The fourth-order valence-electron chi connectivity index (χ4n) is 3.06. The van der Waals surface area contributed by atoms with Crippen molar-refractivity contribution < 1.29 is 9.59 Å². The summed E-state index contributed by atoms with van der Waals surface area (Å²) >= 11 is 0. The predicted molar refractivity (Wildman–Crippen MR) is 77.2 cm³/mol. The summed E-state index contributed by atoms with van der Waals surface area (Å²) in [5.41, 5.74) is 0. The molecule has 2 aliphatic rings. The zero-order chi connectivity index (χ0) is 15.0. The van der Waals surface area contributed by atoms with Crippen molar-refractivity contribution in [3.05, 3.63) is 18.5 Å². The molecule has 1 aromatic rings. The Morgan fingerprint density at radius 1 is 1.33 bits per heavy atom. The van der Waals surface area contributed by atoms with E-state index in [2.05, 4.69) is 10.4 Å². The van der Waals surface area contributed by atoms with E-state index < -0.39 is 0 Å². The first-order valence-corrected chi connectivity index (χ1v) is 7.66. The highest BCUT2D eigenvalue weighted by Crippen LogP contribution is 2.35. The van der Waals surface area contributed by atoms with Crippen molar-refractivity contribution in [1.82, 2.24) is 20.0 Å². The minimum Gasteiger partial charge on any atom is -0.342 e. The maximum Gasteiger partial charge on any atom is 0.246 e. The Labute approximate surface area is 124 Å². The van der Waals surface area contributed by atoms with Gasteiger partial charge in [-0.25, -0.2) is 0 Å². The average molecular weight is 290 g/mol. The first kappa shape index (κ1) is 14.1. The molecule has 1 aliphatic carbocycles. The van der Waals surface area contributed by atoms with Crippen LogP contribution >= 0.6 is 0 Å². The Morgan fingerprint density at radius 2 is 2.10 bits per heavy atom. The number of nitrogens with zero attached hydrogens (tertiary/aromatic N) is 3. The van der Waals surface area contributed by atoms with Gasteiger partial charge in [-0.1, -0.05) is 13.8 Å². The molecular formula is C15H22N4O2. The molecule has 0 spiro atoms. The Balaban J connectivity index is 1.76. The van der Waals surface area contributed by atoms with Crippen LogP contribution in [0.15, 0.2) is 18.5 Å². The molecular weight excluding hydrogens is 268 g/mol. The second kappa shape index (κ2) is 5.50. The summed E-state index contributed by atoms with van der Waals surface area (Å²) in [6, 6.07) is 1.17. The summed E-state index contributed by atoms with van der Waals surface area (Å²) < 4.78 is 1.79. The maximum atomic E-state index is 12.7. The van der Waals surface area contributed by atoms with Gasteiger partial charge in [0.2, 0.25) is 11.8 Å². The number of rotatable bonds is 5. The summed E-state index contributed by atoms with van der Waals surface area (Å²) in [5, 5.41) is 7.09. The summed E-state index contributed by atoms with van der Waals surface area (Å²) in [4.78, 5) is 26.8. The molecule has 1 aliphatic heterocycles. The van der Waals surface area contributed by atoms with Crippen LogP contribution in [-0.2, 0) is 16.1 Å². The lowest BCUT2D eigenvalue weighted by atomic mass is 9.95. The smallest absolute Gasteiger partial charge is 0.246 e. The van der Waals surface area contributed by atoms with E-state index in [9.17, 15) is 9.59 Å². The predicted octanol–water partition coefficient (Wildman–Crippen LogP) is 0.645. The lowest BCUT2D eigenvalue weighted by Crippen LogP contribution is -2.65. The highest BCUT2D eigenvalue weighted by molar-refractivity contribution is 5.97. The van der Waals surface area contributed by atoms with Gasteiger partial charge < -0.3 is 10.2 Å². The molecule has 2 atom stereocenters. The van der Waals surface area contributed by atoms with Gasteiger partial charge in [-0.3, -0.25) is 14.3 Å². The molecule has 0 bridgehead atoms. The van der Waals surface area contributed by atoms with Crippen molar-refractivity contribution in [3.8, 4) is 0 Å². The van der Waals surface area contributed by atoms with Gasteiger partial charge in [0.15, 0.2) is 0 Å². The molecule has 1 aromatic heterocycles. The van der Waals surface area contributed by atoms with Crippen LogP contribution in [0.3, 0.4) is 0 Å². The molecule has 6 nitrogen and oxygen atoms in total. The van der Waals surface area contributed by atoms with Crippen molar-refractivity contribution in [1.29, 1.82) is 0 Å². The van der Waals surface area contributed by atoms with Gasteiger partial charge in [-0.15, -0.1) is 0 Å². The van der Waals surface area contributed by atoms with Crippen LogP contribution in [0.1, 0.15) is 26.7 Å². The summed E-state index contributed by atoms with van der Waals surface area (Å²) in [6.07, 6.45) is 5.67. The number of carbonyl (C=O) groups is 2. The molecule has 21 heavy (non-hydrogen) atoms. The maximum absolute atomic E-state index is 12.7. The number of nitrogens with one attached hydrogen (secondary N) is 1. The first-order valence-electron chi connectivity index (χ1n) is 7.66. The minimum absolute atomic E-state index is 0.0121. The molecule has 114 valence electrons. The second-order valence-corrected chi connectivity index (χ2v) is 6.31. The quantitative estimate of drug-likeness (QED) is 0.865. The number of aromatic nitrogens is 2. The lowest BCUT2D eigenvalue weighted by molar-refractivity contribution is -0.152. The monoisotopic (exact) mass is 290 g/mol. The van der Waals surface area contributed by atoms with Crippen molar-refractivity contribution in [3.63, 3.8) is 0 Å². The Hall–Kier alpha value is -1.85. The SMILES string of the molecule is CC(C)C1C(=O)NC(C2CC2)C(=O)N1CCn1cccn1. The van der Waals surface area contributed by atoms with Crippen LogP contribution in [0.5, 0.6) is 0 Å². The molecule has 0 radical (unpaired) electrons. The van der Waals surface area contributed by atoms with E-state index in [1.165, 1.54) is 0 Å². The summed E-state index contributed by atoms with van der Waals surface area (Å²) in [7, 11) is 0. The lowest BCUT2D eigenvalue weighted by Gasteiger charge is -2.41. The van der Waals surface area contributed by atoms with Crippen LogP contribution in [0.25, 0.3) is 0 Å². The Bertz CT molecular complexity index is 522. The molecule has 2 fully saturated rings. The molecule has 1 N–H and O–H groups in total. The zero-order valence-electron chi connectivity index (χ0n) is 12.5. The number of piperazine rings is 1. The van der Waals surface area contributed by atoms with Gasteiger partial charge in [-0.05, 0) is 30.7 Å². The zero-order valence-corrected chi connectivity index (χ0v) is 12.5. The van der Waals surface area contributed by atoms with E-state index in [1.807, 2.05) is 26.1 Å². The van der Waals surface area contributed by atoms with Crippen LogP contribution in [0.4, 0.5) is 0 Å². The third-order valence-corrected chi connectivity index (χ3v) is 4.31. The minimum atomic E-state index is -0.372. The van der Waals surface area contributed by atoms with Gasteiger partial charge in [0, 0.05) is 18.9 Å². The number of hydrogen-bond acceptors (Lipinski definition) is 3. The van der Waals surface area contributed by atoms with Crippen molar-refractivity contribution in [2.24, 2.45) is 11.8 Å². The van der Waals surface area contributed by atoms with E-state index in [-0.39, 0.29) is 29.8 Å². The molecule has 2 amide bonds. The molecule has 0 aromatic carbocycles. The fraction of sp³-hybridized carbons (Fsp3) is 0.667. The van der Waals surface area contributed by atoms with Crippen molar-refractivity contribution in [2.75, 3.05) is 6.54 Å². The summed E-state index contributed by atoms with van der Waals surface area (Å²) in [5.74, 6) is 0.499. The summed E-state index contributed by atoms with van der Waals surface area (Å²) in [6.45, 7) is 5.11. The first-order chi connectivity index (χ1) is 10.1. The molecule has 3 rings (SSSR count). The van der Waals surface area contributed by atoms with Crippen LogP contribution in [-0.4, -0.2) is 45.1 Å². The van der Waals surface area contributed by atoms with E-state index in [1.54, 1.807) is 15.8 Å². The third-order valence-electron chi connectivity index (χ3n) is 4.31. The standard InChI is InChI=1S/C15H22N4O2/c1-10(2)13-14(20)17-12(11-4-5-11)15(21)19(13)9-8-18-7-3-6-16-18/h3,6-7,10-13H,4-5,8-9H2,1-2H3,(H,17,20). The van der Waals surface area contributed by atoms with Crippen molar-refractivity contribution >= 4 is 11.8 Å². The largest absolute Gasteiger partial charge is 0.342 e. The third kappa shape index (κ3) is 2.80. The topological polar surface area (TPSA) is 67.2 Å². The van der Waals surface area contributed by atoms with E-state index >= 15 is 0 Å². The molecule has 1 saturated carbocycles. The fourth-order valence-corrected chi connectivity index (χ4v) is 3.06. The van der Waals surface area contributed by atoms with Gasteiger partial charge >= 0.3 is 0 Å². The van der Waals surface area contributed by atoms with Crippen LogP contribution in [0.2, 0.25) is 0 Å². The van der Waals surface area contributed by atoms with Crippen LogP contribution in [0, 0.1) is 11.8 Å². The number of hydrogen-bond donors (Lipinski definition) is 1. The Morgan fingerprint density at radius 3 is 2.67 bits per heavy atom. The Kier molecular flexibility index (Phi) is 3.69. The van der Waals surface area contributed by atoms with Crippen LogP contribution < -0.4 is 5.32 Å². The highest BCUT2D eigenvalue weighted by atomic mass is 16.2. The highest BCUT2D eigenvalue weighted by Gasteiger charge is 2.47. The number of carbonyl (C=O) groups excluding carboxylic acids is 2. The van der Waals surface area contributed by atoms with Gasteiger partial charge in [-0.2, -0.15) is 5.10 Å². The van der Waals surface area contributed by atoms with E-state index in [0.717, 1.165) is 12.8 Å². The van der Waals surface area contributed by atoms with Gasteiger partial charge in [0.25, 0.3) is 0 Å². The number of amides is 2. The van der Waals surface area contributed by atoms with E-state index in [0.29, 0.717) is 19.0 Å².